The summed E-state index contributed by atoms with van der Waals surface area (Å²) < 4.78 is 26.8. The van der Waals surface area contributed by atoms with Crippen LogP contribution >= 0.6 is 0 Å². The van der Waals surface area contributed by atoms with E-state index in [4.69, 9.17) is 0 Å². The standard InChI is InChI=1S/C14H22F2N2/c1-11(2)17-8-10-18(3)9-7-12-13(15)5-4-6-14(12)16/h4-6,11,17H,7-10H2,1-3H3. The molecular weight excluding hydrogens is 234 g/mol. The third-order valence-electron chi connectivity index (χ3n) is 2.85. The number of nitrogens with one attached hydrogen (secondary N) is 1. The Balaban J connectivity index is 2.36. The summed E-state index contributed by atoms with van der Waals surface area (Å²) in [5.41, 5.74) is 0.182. The van der Waals surface area contributed by atoms with Gasteiger partial charge in [-0.15, -0.1) is 0 Å². The number of hydrogen-bond donors (Lipinski definition) is 1. The van der Waals surface area contributed by atoms with E-state index in [0.717, 1.165) is 13.1 Å². The lowest BCUT2D eigenvalue weighted by atomic mass is 10.1. The van der Waals surface area contributed by atoms with Crippen LogP contribution in [-0.2, 0) is 6.42 Å². The minimum Gasteiger partial charge on any atom is -0.313 e. The topological polar surface area (TPSA) is 15.3 Å². The molecule has 0 amide bonds. The van der Waals surface area contributed by atoms with Gasteiger partial charge >= 0.3 is 0 Å². The summed E-state index contributed by atoms with van der Waals surface area (Å²) >= 11 is 0. The van der Waals surface area contributed by atoms with Gasteiger partial charge in [0, 0.05) is 31.2 Å². The van der Waals surface area contributed by atoms with Crippen LogP contribution in [0, 0.1) is 11.6 Å². The van der Waals surface area contributed by atoms with Gasteiger partial charge in [0.1, 0.15) is 11.6 Å². The maximum atomic E-state index is 13.4. The van der Waals surface area contributed by atoms with Crippen LogP contribution in [0.4, 0.5) is 8.78 Å². The summed E-state index contributed by atoms with van der Waals surface area (Å²) in [6.45, 7) is 6.59. The molecule has 0 aliphatic rings. The molecule has 4 heteroatoms. The minimum absolute atomic E-state index is 0.182. The second kappa shape index (κ2) is 7.44. The van der Waals surface area contributed by atoms with Gasteiger partial charge in [0.2, 0.25) is 0 Å². The van der Waals surface area contributed by atoms with Crippen LogP contribution in [-0.4, -0.2) is 37.6 Å². The van der Waals surface area contributed by atoms with E-state index >= 15 is 0 Å². The Kier molecular flexibility index (Phi) is 6.22. The van der Waals surface area contributed by atoms with Gasteiger partial charge in [-0.3, -0.25) is 0 Å². The Hall–Kier alpha value is -1.00. The molecule has 2 nitrogen and oxygen atoms in total. The highest BCUT2D eigenvalue weighted by atomic mass is 19.1. The number of likely N-dealkylation sites (N-methyl/N-ethyl adjacent to an activating group) is 1. The zero-order chi connectivity index (χ0) is 13.5. The lowest BCUT2D eigenvalue weighted by Crippen LogP contribution is -2.33. The number of halogens is 2. The fourth-order valence-corrected chi connectivity index (χ4v) is 1.73. The summed E-state index contributed by atoms with van der Waals surface area (Å²) in [5, 5.41) is 3.31. The summed E-state index contributed by atoms with van der Waals surface area (Å²) in [5.74, 6) is -0.910. The average molecular weight is 256 g/mol. The molecule has 0 bridgehead atoms. The Bertz CT molecular complexity index is 347. The molecule has 0 aromatic heterocycles. The Morgan fingerprint density at radius 1 is 1.17 bits per heavy atom. The maximum Gasteiger partial charge on any atom is 0.129 e. The highest BCUT2D eigenvalue weighted by molar-refractivity contribution is 5.19. The predicted molar refractivity (Wildman–Crippen MR) is 70.7 cm³/mol. The molecular formula is C14H22F2N2. The first-order valence-electron chi connectivity index (χ1n) is 6.35. The van der Waals surface area contributed by atoms with Gasteiger partial charge in [-0.05, 0) is 25.6 Å². The highest BCUT2D eigenvalue weighted by Gasteiger charge is 2.09. The van der Waals surface area contributed by atoms with Crippen molar-refractivity contribution in [3.05, 3.63) is 35.4 Å². The predicted octanol–water partition coefficient (Wildman–Crippen LogP) is 2.44. The van der Waals surface area contributed by atoms with E-state index in [2.05, 4.69) is 24.1 Å². The molecule has 1 aromatic carbocycles. The molecule has 1 aromatic rings. The van der Waals surface area contributed by atoms with E-state index < -0.39 is 11.6 Å². The Labute approximate surface area is 108 Å². The lowest BCUT2D eigenvalue weighted by molar-refractivity contribution is 0.327. The van der Waals surface area contributed by atoms with E-state index in [-0.39, 0.29) is 5.56 Å². The molecule has 0 atom stereocenters. The molecule has 0 aliphatic heterocycles. The molecule has 102 valence electrons. The van der Waals surface area contributed by atoms with Gasteiger partial charge in [-0.2, -0.15) is 0 Å². The molecule has 0 heterocycles. The minimum atomic E-state index is -0.455. The van der Waals surface area contributed by atoms with Gasteiger partial charge in [0.15, 0.2) is 0 Å². The fraction of sp³-hybridized carbons (Fsp3) is 0.571. The molecule has 0 aliphatic carbocycles. The molecule has 0 saturated carbocycles. The van der Waals surface area contributed by atoms with E-state index in [1.54, 1.807) is 0 Å². The van der Waals surface area contributed by atoms with E-state index in [0.29, 0.717) is 19.0 Å². The first-order chi connectivity index (χ1) is 8.50. The largest absolute Gasteiger partial charge is 0.313 e. The third kappa shape index (κ3) is 5.10. The second-order valence-electron chi connectivity index (χ2n) is 4.86. The maximum absolute atomic E-state index is 13.4. The number of rotatable bonds is 7. The molecule has 0 spiro atoms. The molecule has 0 fully saturated rings. The first kappa shape index (κ1) is 15.1. The summed E-state index contributed by atoms with van der Waals surface area (Å²) in [6.07, 6.45) is 0.399. The summed E-state index contributed by atoms with van der Waals surface area (Å²) in [7, 11) is 1.96. The molecule has 0 saturated heterocycles. The Morgan fingerprint density at radius 2 is 1.78 bits per heavy atom. The molecule has 18 heavy (non-hydrogen) atoms. The normalized spacial score (nSPS) is 11.5. The number of nitrogens with zero attached hydrogens (tertiary/aromatic N) is 1. The van der Waals surface area contributed by atoms with Crippen molar-refractivity contribution < 1.29 is 8.78 Å². The lowest BCUT2D eigenvalue weighted by Gasteiger charge is -2.18. The Morgan fingerprint density at radius 3 is 2.33 bits per heavy atom. The fourth-order valence-electron chi connectivity index (χ4n) is 1.73. The van der Waals surface area contributed by atoms with Crippen molar-refractivity contribution >= 4 is 0 Å². The first-order valence-corrected chi connectivity index (χ1v) is 6.35. The van der Waals surface area contributed by atoms with Crippen molar-refractivity contribution in [2.24, 2.45) is 0 Å². The second-order valence-corrected chi connectivity index (χ2v) is 4.86. The van der Waals surface area contributed by atoms with Gasteiger partial charge in [-0.1, -0.05) is 19.9 Å². The third-order valence-corrected chi connectivity index (χ3v) is 2.85. The van der Waals surface area contributed by atoms with Gasteiger partial charge in [0.25, 0.3) is 0 Å². The van der Waals surface area contributed by atoms with Crippen LogP contribution in [0.25, 0.3) is 0 Å². The highest BCUT2D eigenvalue weighted by Crippen LogP contribution is 2.12. The van der Waals surface area contributed by atoms with Crippen molar-refractivity contribution in [1.29, 1.82) is 0 Å². The van der Waals surface area contributed by atoms with Gasteiger partial charge < -0.3 is 10.2 Å². The van der Waals surface area contributed by atoms with E-state index in [1.165, 1.54) is 18.2 Å². The number of hydrogen-bond acceptors (Lipinski definition) is 2. The van der Waals surface area contributed by atoms with Crippen molar-refractivity contribution in [2.45, 2.75) is 26.3 Å². The van der Waals surface area contributed by atoms with Crippen molar-refractivity contribution in [3.63, 3.8) is 0 Å². The van der Waals surface area contributed by atoms with Crippen LogP contribution in [0.1, 0.15) is 19.4 Å². The van der Waals surface area contributed by atoms with E-state index in [1.807, 2.05) is 7.05 Å². The van der Waals surface area contributed by atoms with Crippen LogP contribution in [0.15, 0.2) is 18.2 Å². The van der Waals surface area contributed by atoms with Gasteiger partial charge in [0.05, 0.1) is 0 Å². The average Bonchev–Trinajstić information content (AvgIpc) is 2.27. The summed E-state index contributed by atoms with van der Waals surface area (Å²) in [6, 6.07) is 4.46. The molecule has 0 unspecified atom stereocenters. The zero-order valence-electron chi connectivity index (χ0n) is 11.3. The van der Waals surface area contributed by atoms with Crippen molar-refractivity contribution in [1.82, 2.24) is 10.2 Å². The zero-order valence-corrected chi connectivity index (χ0v) is 11.3. The number of benzene rings is 1. The molecule has 0 radical (unpaired) electrons. The monoisotopic (exact) mass is 256 g/mol. The van der Waals surface area contributed by atoms with Crippen LogP contribution in [0.5, 0.6) is 0 Å². The van der Waals surface area contributed by atoms with Crippen LogP contribution in [0.3, 0.4) is 0 Å². The van der Waals surface area contributed by atoms with Crippen LogP contribution in [0.2, 0.25) is 0 Å². The van der Waals surface area contributed by atoms with Gasteiger partial charge in [-0.25, -0.2) is 8.78 Å². The SMILES string of the molecule is CC(C)NCCN(C)CCc1c(F)cccc1F. The van der Waals surface area contributed by atoms with Crippen molar-refractivity contribution in [2.75, 3.05) is 26.7 Å². The van der Waals surface area contributed by atoms with E-state index in [9.17, 15) is 8.78 Å². The van der Waals surface area contributed by atoms with Crippen molar-refractivity contribution in [3.8, 4) is 0 Å². The molecule has 1 N–H and O–H groups in total. The summed E-state index contributed by atoms with van der Waals surface area (Å²) in [4.78, 5) is 2.07. The quantitative estimate of drug-likeness (QED) is 0.806. The smallest absolute Gasteiger partial charge is 0.129 e. The van der Waals surface area contributed by atoms with Crippen LogP contribution < -0.4 is 5.32 Å². The molecule has 1 rings (SSSR count).